The van der Waals surface area contributed by atoms with Gasteiger partial charge >= 0.3 is 6.18 Å². The Morgan fingerprint density at radius 3 is 2.23 bits per heavy atom. The lowest BCUT2D eigenvalue weighted by Gasteiger charge is -2.34. The molecule has 1 aromatic carbocycles. The quantitative estimate of drug-likeness (QED) is 0.368. The minimum atomic E-state index is -4.42. The minimum Gasteiger partial charge on any atom is -0.359 e. The van der Waals surface area contributed by atoms with Crippen molar-refractivity contribution in [2.75, 3.05) is 40.3 Å². The Bertz CT molecular complexity index is 742. The van der Waals surface area contributed by atoms with Crippen LogP contribution < -0.4 is 16.0 Å². The van der Waals surface area contributed by atoms with E-state index in [-0.39, 0.29) is 11.5 Å². The normalized spacial score (nSPS) is 15.6. The second kappa shape index (κ2) is 10.8. The molecule has 1 heterocycles. The van der Waals surface area contributed by atoms with Gasteiger partial charge in [0.05, 0.1) is 5.56 Å². The first kappa shape index (κ1) is 23.5. The van der Waals surface area contributed by atoms with Crippen molar-refractivity contribution in [2.24, 2.45) is 10.9 Å². The van der Waals surface area contributed by atoms with Gasteiger partial charge in [-0.2, -0.15) is 13.2 Å². The Morgan fingerprint density at radius 2 is 1.70 bits per heavy atom. The number of amides is 2. The maximum atomic E-state index is 12.6. The summed E-state index contributed by atoms with van der Waals surface area (Å²) in [7, 11) is 3.32. The van der Waals surface area contributed by atoms with Crippen LogP contribution in [-0.2, 0) is 11.0 Å². The number of rotatable bonds is 6. The Hall–Kier alpha value is -2.78. The first-order valence-corrected chi connectivity index (χ1v) is 9.86. The summed E-state index contributed by atoms with van der Waals surface area (Å²) in [5, 5.41) is 8.50. The molecule has 0 bridgehead atoms. The lowest BCUT2D eigenvalue weighted by atomic mass is 9.93. The van der Waals surface area contributed by atoms with Crippen LogP contribution in [0.2, 0.25) is 0 Å². The Labute approximate surface area is 174 Å². The first-order valence-electron chi connectivity index (χ1n) is 9.86. The van der Waals surface area contributed by atoms with Crippen LogP contribution in [0.4, 0.5) is 13.2 Å². The topological polar surface area (TPSA) is 85.8 Å². The molecule has 0 aromatic heterocycles. The molecular formula is C20H28F3N5O2. The highest BCUT2D eigenvalue weighted by atomic mass is 19.4. The van der Waals surface area contributed by atoms with Crippen LogP contribution in [0.25, 0.3) is 0 Å². The van der Waals surface area contributed by atoms with Gasteiger partial charge in [0.1, 0.15) is 0 Å². The number of carbonyl (C=O) groups excluding carboxylic acids is 2. The third kappa shape index (κ3) is 6.93. The number of guanidine groups is 1. The molecule has 10 heteroatoms. The summed E-state index contributed by atoms with van der Waals surface area (Å²) in [6.07, 6.45) is -2.09. The molecule has 3 N–H and O–H groups in total. The number of halogens is 3. The fourth-order valence-corrected chi connectivity index (χ4v) is 3.31. The number of hydrogen-bond acceptors (Lipinski definition) is 3. The summed E-state index contributed by atoms with van der Waals surface area (Å²) in [6, 6.07) is 4.10. The fraction of sp³-hybridized carbons (Fsp3) is 0.550. The van der Waals surface area contributed by atoms with E-state index in [4.69, 9.17) is 0 Å². The number of likely N-dealkylation sites (tertiary alicyclic amines) is 1. The summed E-state index contributed by atoms with van der Waals surface area (Å²) in [6.45, 7) is 2.31. The Balaban J connectivity index is 1.72. The third-order valence-corrected chi connectivity index (χ3v) is 5.05. The maximum Gasteiger partial charge on any atom is 0.416 e. The molecule has 0 spiro atoms. The molecule has 0 saturated carbocycles. The zero-order valence-corrected chi connectivity index (χ0v) is 17.2. The number of aliphatic imine (C=N–C) groups is 1. The van der Waals surface area contributed by atoms with Gasteiger partial charge in [-0.25, -0.2) is 0 Å². The van der Waals surface area contributed by atoms with Crippen LogP contribution in [0.1, 0.15) is 35.2 Å². The van der Waals surface area contributed by atoms with E-state index < -0.39 is 17.6 Å². The SMILES string of the molecule is CN=C(NCCNC(=O)c1ccc(C(F)(F)F)cc1)N1CCC(CC(=O)NC)CC1. The van der Waals surface area contributed by atoms with Gasteiger partial charge in [-0.05, 0) is 43.0 Å². The molecule has 1 saturated heterocycles. The van der Waals surface area contributed by atoms with Crippen molar-refractivity contribution < 1.29 is 22.8 Å². The van der Waals surface area contributed by atoms with Crippen LogP contribution in [0.15, 0.2) is 29.3 Å². The van der Waals surface area contributed by atoms with E-state index in [2.05, 4.69) is 25.8 Å². The number of hydrogen-bond donors (Lipinski definition) is 3. The average molecular weight is 427 g/mol. The first-order chi connectivity index (χ1) is 14.2. The Morgan fingerprint density at radius 1 is 1.10 bits per heavy atom. The summed E-state index contributed by atoms with van der Waals surface area (Å²) < 4.78 is 37.8. The van der Waals surface area contributed by atoms with Crippen molar-refractivity contribution in [1.82, 2.24) is 20.9 Å². The smallest absolute Gasteiger partial charge is 0.359 e. The van der Waals surface area contributed by atoms with Gasteiger partial charge in [-0.3, -0.25) is 14.6 Å². The molecule has 1 aliphatic heterocycles. The molecule has 2 amide bonds. The van der Waals surface area contributed by atoms with Gasteiger partial charge < -0.3 is 20.9 Å². The van der Waals surface area contributed by atoms with Gasteiger partial charge in [-0.15, -0.1) is 0 Å². The van der Waals surface area contributed by atoms with Crippen LogP contribution in [0, 0.1) is 5.92 Å². The average Bonchev–Trinajstić information content (AvgIpc) is 2.73. The number of piperidine rings is 1. The van der Waals surface area contributed by atoms with Crippen molar-refractivity contribution in [1.29, 1.82) is 0 Å². The number of carbonyl (C=O) groups is 2. The number of nitrogens with one attached hydrogen (secondary N) is 3. The zero-order valence-electron chi connectivity index (χ0n) is 17.2. The van der Waals surface area contributed by atoms with Crippen molar-refractivity contribution in [2.45, 2.75) is 25.4 Å². The molecule has 0 unspecified atom stereocenters. The van der Waals surface area contributed by atoms with E-state index >= 15 is 0 Å². The van der Waals surface area contributed by atoms with Crippen molar-refractivity contribution in [3.63, 3.8) is 0 Å². The molecule has 1 fully saturated rings. The molecule has 1 aliphatic rings. The van der Waals surface area contributed by atoms with Crippen molar-refractivity contribution >= 4 is 17.8 Å². The zero-order chi connectivity index (χ0) is 22.1. The van der Waals surface area contributed by atoms with E-state index in [1.165, 1.54) is 0 Å². The lowest BCUT2D eigenvalue weighted by molar-refractivity contribution is -0.137. The highest BCUT2D eigenvalue weighted by Crippen LogP contribution is 2.29. The lowest BCUT2D eigenvalue weighted by Crippen LogP contribution is -2.47. The van der Waals surface area contributed by atoms with E-state index in [9.17, 15) is 22.8 Å². The largest absolute Gasteiger partial charge is 0.416 e. The van der Waals surface area contributed by atoms with Crippen molar-refractivity contribution in [3.8, 4) is 0 Å². The van der Waals surface area contributed by atoms with Crippen LogP contribution >= 0.6 is 0 Å². The van der Waals surface area contributed by atoms with Gasteiger partial charge in [0.25, 0.3) is 5.91 Å². The highest BCUT2D eigenvalue weighted by molar-refractivity contribution is 5.94. The second-order valence-electron chi connectivity index (χ2n) is 7.11. The fourth-order valence-electron chi connectivity index (χ4n) is 3.31. The van der Waals surface area contributed by atoms with Gasteiger partial charge in [0.2, 0.25) is 5.91 Å². The van der Waals surface area contributed by atoms with Crippen LogP contribution in [-0.4, -0.2) is 62.9 Å². The number of alkyl halides is 3. The third-order valence-electron chi connectivity index (χ3n) is 5.05. The molecule has 2 rings (SSSR count). The minimum absolute atomic E-state index is 0.0553. The predicted molar refractivity (Wildman–Crippen MR) is 108 cm³/mol. The van der Waals surface area contributed by atoms with E-state index in [0.717, 1.165) is 56.2 Å². The van der Waals surface area contributed by atoms with Gasteiger partial charge in [0, 0.05) is 52.3 Å². The Kier molecular flexibility index (Phi) is 8.49. The molecule has 0 atom stereocenters. The van der Waals surface area contributed by atoms with E-state index in [1.54, 1.807) is 14.1 Å². The maximum absolute atomic E-state index is 12.6. The number of nitrogens with zero attached hydrogens (tertiary/aromatic N) is 2. The van der Waals surface area contributed by atoms with Crippen LogP contribution in [0.5, 0.6) is 0 Å². The molecule has 7 nitrogen and oxygen atoms in total. The van der Waals surface area contributed by atoms with E-state index in [0.29, 0.717) is 25.4 Å². The van der Waals surface area contributed by atoms with Gasteiger partial charge in [0.15, 0.2) is 5.96 Å². The highest BCUT2D eigenvalue weighted by Gasteiger charge is 2.30. The van der Waals surface area contributed by atoms with Gasteiger partial charge in [-0.1, -0.05) is 0 Å². The monoisotopic (exact) mass is 427 g/mol. The second-order valence-corrected chi connectivity index (χ2v) is 7.11. The number of benzene rings is 1. The summed E-state index contributed by atoms with van der Waals surface area (Å²) >= 11 is 0. The molecule has 30 heavy (non-hydrogen) atoms. The molecular weight excluding hydrogens is 399 g/mol. The summed E-state index contributed by atoms with van der Waals surface area (Å²) in [5.74, 6) is 0.703. The van der Waals surface area contributed by atoms with Crippen LogP contribution in [0.3, 0.4) is 0 Å². The molecule has 1 aromatic rings. The summed E-state index contributed by atoms with van der Waals surface area (Å²) in [4.78, 5) is 29.9. The molecule has 0 aliphatic carbocycles. The molecule has 0 radical (unpaired) electrons. The van der Waals surface area contributed by atoms with E-state index in [1.807, 2.05) is 0 Å². The van der Waals surface area contributed by atoms with Crippen molar-refractivity contribution in [3.05, 3.63) is 35.4 Å². The standard InChI is InChI=1S/C20H28F3N5O2/c1-24-17(29)13-14-7-11-28(12-8-14)19(25-2)27-10-9-26-18(30)15-3-5-16(6-4-15)20(21,22)23/h3-6,14H,7-13H2,1-2H3,(H,24,29)(H,25,27)(H,26,30). The molecule has 166 valence electrons. The predicted octanol–water partition coefficient (Wildman–Crippen LogP) is 1.86. The summed E-state index contributed by atoms with van der Waals surface area (Å²) in [5.41, 5.74) is -0.616.